The largest absolute Gasteiger partial charge is 1.00 e. The summed E-state index contributed by atoms with van der Waals surface area (Å²) in [4.78, 5) is 8.61. The molecule has 2 aliphatic rings. The van der Waals surface area contributed by atoms with Gasteiger partial charge >= 0.3 is 55.4 Å². The Hall–Kier alpha value is -1.35. The van der Waals surface area contributed by atoms with Crippen LogP contribution in [0.3, 0.4) is 0 Å². The van der Waals surface area contributed by atoms with Gasteiger partial charge in [0.15, 0.2) is 0 Å². The minimum absolute atomic E-state index is 0. The van der Waals surface area contributed by atoms with Crippen molar-refractivity contribution in [2.24, 2.45) is 0 Å². The molecule has 4 radical (unpaired) electrons. The van der Waals surface area contributed by atoms with Crippen LogP contribution in [0.2, 0.25) is 0 Å². The van der Waals surface area contributed by atoms with Gasteiger partial charge in [0.05, 0.1) is 0 Å². The fourth-order valence-corrected chi connectivity index (χ4v) is 3.39. The van der Waals surface area contributed by atoms with E-state index in [1.54, 1.807) is 0 Å². The standard InChI is InChI=1S/C23H32N4.Ag.F6P/c1-4-6-8-24-10-12-26(19-24)17-22-14-21(3)15-23(16-22)18-27-13-11-25(20-27)9-7-5-2;;1-7(2,3,4,5)6/h10-16H,4-9,17-18H2,1-3H3;;/q;+1;-1. The van der Waals surface area contributed by atoms with Crippen LogP contribution in [-0.4, -0.2) is 32.7 Å². The molecule has 4 nitrogen and oxygen atoms in total. The molecule has 0 spiro atoms. The summed E-state index contributed by atoms with van der Waals surface area (Å²) >= 11 is 0. The Kier molecular flexibility index (Phi) is 11.1. The first-order valence-corrected chi connectivity index (χ1v) is 13.3. The molecule has 0 saturated carbocycles. The number of hydrogen-bond donors (Lipinski definition) is 0. The molecule has 202 valence electrons. The zero-order chi connectivity index (χ0) is 25.5. The van der Waals surface area contributed by atoms with Crippen LogP contribution in [0, 0.1) is 20.3 Å². The number of rotatable bonds is 10. The minimum Gasteiger partial charge on any atom is 1.00 e. The van der Waals surface area contributed by atoms with E-state index in [-0.39, 0.29) is 22.4 Å². The average molecular weight is 617 g/mol. The molecule has 2 heterocycles. The Morgan fingerprint density at radius 1 is 0.657 bits per heavy atom. The first-order chi connectivity index (χ1) is 15.6. The van der Waals surface area contributed by atoms with E-state index in [0.717, 1.165) is 26.2 Å². The summed E-state index contributed by atoms with van der Waals surface area (Å²) in [6, 6.07) is 6.85. The van der Waals surface area contributed by atoms with Gasteiger partial charge in [-0.1, -0.05) is 50.5 Å². The van der Waals surface area contributed by atoms with Gasteiger partial charge in [-0.15, -0.1) is 0 Å². The van der Waals surface area contributed by atoms with Crippen molar-refractivity contribution in [1.82, 2.24) is 19.6 Å². The summed E-state index contributed by atoms with van der Waals surface area (Å²) in [6.07, 6.45) is 13.3. The second-order valence-electron chi connectivity index (χ2n) is 8.43. The van der Waals surface area contributed by atoms with Gasteiger partial charge in [-0.2, -0.15) is 0 Å². The van der Waals surface area contributed by atoms with Crippen molar-refractivity contribution in [3.8, 4) is 0 Å². The van der Waals surface area contributed by atoms with Crippen LogP contribution >= 0.6 is 7.81 Å². The molecular weight excluding hydrogens is 585 g/mol. The summed E-state index contributed by atoms with van der Waals surface area (Å²) in [7, 11) is -10.7. The number of halogens is 6. The molecule has 3 rings (SSSR count). The predicted octanol–water partition coefficient (Wildman–Crippen LogP) is 8.15. The Balaban J connectivity index is 0.000000672. The smallest absolute Gasteiger partial charge is 1.00 e. The first-order valence-electron chi connectivity index (χ1n) is 11.2. The van der Waals surface area contributed by atoms with Gasteiger partial charge < -0.3 is 19.6 Å². The molecule has 0 amide bonds. The summed E-state index contributed by atoms with van der Waals surface area (Å²) in [6.45, 7) is 17.3. The molecule has 0 N–H and O–H groups in total. The maximum Gasteiger partial charge on any atom is 1.00 e. The molecule has 35 heavy (non-hydrogen) atoms. The Morgan fingerprint density at radius 3 is 1.34 bits per heavy atom. The quantitative estimate of drug-likeness (QED) is 0.149. The van der Waals surface area contributed by atoms with Gasteiger partial charge in [-0.3, -0.25) is 0 Å². The van der Waals surface area contributed by atoms with Gasteiger partial charge in [-0.05, 0) is 30.9 Å². The van der Waals surface area contributed by atoms with Crippen LogP contribution in [0.25, 0.3) is 0 Å². The van der Waals surface area contributed by atoms with Gasteiger partial charge in [0.1, 0.15) is 0 Å². The van der Waals surface area contributed by atoms with Gasteiger partial charge in [0.2, 0.25) is 13.3 Å². The van der Waals surface area contributed by atoms with E-state index in [0.29, 0.717) is 0 Å². The van der Waals surface area contributed by atoms with E-state index in [1.165, 1.54) is 42.4 Å². The van der Waals surface area contributed by atoms with Gasteiger partial charge in [-0.25, -0.2) is 0 Å². The third-order valence-corrected chi connectivity index (χ3v) is 4.77. The molecule has 0 aromatic heterocycles. The maximum atomic E-state index is 9.87. The van der Waals surface area contributed by atoms with Crippen LogP contribution in [0.15, 0.2) is 43.0 Å². The maximum absolute atomic E-state index is 10.7. The van der Waals surface area contributed by atoms with E-state index < -0.39 is 7.81 Å². The van der Waals surface area contributed by atoms with Crippen molar-refractivity contribution in [2.75, 3.05) is 13.1 Å². The molecule has 0 bridgehead atoms. The monoisotopic (exact) mass is 616 g/mol. The van der Waals surface area contributed by atoms with Crippen LogP contribution in [0.4, 0.5) is 25.2 Å². The topological polar surface area (TPSA) is 13.0 Å². The van der Waals surface area contributed by atoms with Gasteiger partial charge in [0.25, 0.3) is 0 Å². The normalized spacial score (nSPS) is 17.2. The number of hydrogen-bond acceptors (Lipinski definition) is 4. The number of benzene rings is 1. The predicted molar refractivity (Wildman–Crippen MR) is 124 cm³/mol. The summed E-state index contributed by atoms with van der Waals surface area (Å²) < 4.78 is 59.2. The SMILES string of the molecule is CCCCN1[C]N(Cc2cc(C)cc(CN3[C]N(CCCC)C=C3)c2)C=C1.F[P-](F)(F)(F)(F)F.[Ag+]. The summed E-state index contributed by atoms with van der Waals surface area (Å²) in [5, 5.41) is 0. The van der Waals surface area contributed by atoms with Crippen LogP contribution in [0.1, 0.15) is 56.2 Å². The van der Waals surface area contributed by atoms with Crippen molar-refractivity contribution in [2.45, 2.75) is 59.5 Å². The number of aryl methyl sites for hydroxylation is 1. The molecular formula is C23H32AgF6N4P. The molecule has 0 atom stereocenters. The summed E-state index contributed by atoms with van der Waals surface area (Å²) in [5.74, 6) is 0. The Bertz CT molecular complexity index is 800. The third-order valence-electron chi connectivity index (χ3n) is 4.77. The van der Waals surface area contributed by atoms with Crippen molar-refractivity contribution >= 4 is 7.81 Å². The molecule has 0 aliphatic carbocycles. The second-order valence-corrected chi connectivity index (χ2v) is 10.3. The second kappa shape index (κ2) is 12.3. The number of nitrogens with zero attached hydrogens (tertiary/aromatic N) is 4. The molecule has 1 aromatic rings. The van der Waals surface area contributed by atoms with Crippen LogP contribution in [-0.2, 0) is 35.5 Å². The third kappa shape index (κ3) is 15.4. The molecule has 0 saturated heterocycles. The van der Waals surface area contributed by atoms with E-state index in [1.807, 2.05) is 0 Å². The van der Waals surface area contributed by atoms with Crippen molar-refractivity contribution in [3.05, 3.63) is 73.0 Å². The van der Waals surface area contributed by atoms with E-state index in [4.69, 9.17) is 0 Å². The Labute approximate surface area is 220 Å². The van der Waals surface area contributed by atoms with Gasteiger partial charge in [0, 0.05) is 51.0 Å². The minimum atomic E-state index is -10.7. The molecule has 2 aliphatic heterocycles. The zero-order valence-corrected chi connectivity index (χ0v) is 22.4. The van der Waals surface area contributed by atoms with E-state index >= 15 is 0 Å². The van der Waals surface area contributed by atoms with Crippen LogP contribution < -0.4 is 0 Å². The van der Waals surface area contributed by atoms with Crippen molar-refractivity contribution in [3.63, 3.8) is 0 Å². The zero-order valence-electron chi connectivity index (χ0n) is 20.0. The molecule has 0 fully saturated rings. The van der Waals surface area contributed by atoms with Crippen LogP contribution in [0.5, 0.6) is 0 Å². The molecule has 0 unspecified atom stereocenters. The van der Waals surface area contributed by atoms with E-state index in [9.17, 15) is 25.2 Å². The summed E-state index contributed by atoms with van der Waals surface area (Å²) in [5.41, 5.74) is 3.95. The average Bonchev–Trinajstić information content (AvgIpc) is 3.31. The van der Waals surface area contributed by atoms with Crippen molar-refractivity contribution < 1.29 is 47.6 Å². The fourth-order valence-electron chi connectivity index (χ4n) is 3.39. The Morgan fingerprint density at radius 2 is 1.00 bits per heavy atom. The molecule has 12 heteroatoms. The van der Waals surface area contributed by atoms with E-state index in [2.05, 4.69) is 96.7 Å². The fraction of sp³-hybridized carbons (Fsp3) is 0.478. The van der Waals surface area contributed by atoms with Crippen molar-refractivity contribution in [1.29, 1.82) is 0 Å². The number of unbranched alkanes of at least 4 members (excludes halogenated alkanes) is 2. The first kappa shape index (κ1) is 31.7. The molecule has 1 aromatic carbocycles.